The molecule has 0 fully saturated rings. The molecule has 0 bridgehead atoms. The van der Waals surface area contributed by atoms with Crippen LogP contribution in [-0.2, 0) is 5.66 Å². The molecule has 0 saturated heterocycles. The lowest BCUT2D eigenvalue weighted by Crippen LogP contribution is -2.43. The van der Waals surface area contributed by atoms with E-state index in [9.17, 15) is 0 Å². The fraction of sp³-hybridized carbons (Fsp3) is 0.517. The molecular formula is C29H40N4. The Labute approximate surface area is 199 Å². The first kappa shape index (κ1) is 23.5. The average Bonchev–Trinajstić information content (AvgIpc) is 3.42. The average molecular weight is 445 g/mol. The molecule has 2 heterocycles. The molecule has 0 saturated carbocycles. The first-order valence-electron chi connectivity index (χ1n) is 13.0. The van der Waals surface area contributed by atoms with E-state index < -0.39 is 0 Å². The fourth-order valence-corrected chi connectivity index (χ4v) is 5.28. The number of unbranched alkanes of at least 4 members (excludes halogenated alkanes) is 6. The lowest BCUT2D eigenvalue weighted by Gasteiger charge is -2.36. The van der Waals surface area contributed by atoms with E-state index in [2.05, 4.69) is 73.5 Å². The first-order valence-corrected chi connectivity index (χ1v) is 13.0. The van der Waals surface area contributed by atoms with Gasteiger partial charge in [0.15, 0.2) is 5.66 Å². The van der Waals surface area contributed by atoms with Gasteiger partial charge in [-0.25, -0.2) is 9.36 Å². The number of hydrogen-bond acceptors (Lipinski definition) is 2. The topological polar surface area (TPSA) is 35.6 Å². The van der Waals surface area contributed by atoms with Gasteiger partial charge in [0.25, 0.3) is 0 Å². The van der Waals surface area contributed by atoms with Crippen molar-refractivity contribution < 1.29 is 0 Å². The van der Waals surface area contributed by atoms with Crippen LogP contribution in [-0.4, -0.2) is 19.6 Å². The number of benzene rings is 2. The van der Waals surface area contributed by atoms with Crippen LogP contribution >= 0.6 is 0 Å². The summed E-state index contributed by atoms with van der Waals surface area (Å²) in [6.07, 6.45) is 16.1. The third-order valence-electron chi connectivity index (χ3n) is 7.10. The van der Waals surface area contributed by atoms with E-state index in [1.807, 2.05) is 12.4 Å². The van der Waals surface area contributed by atoms with Crippen LogP contribution in [0.5, 0.6) is 0 Å². The fourth-order valence-electron chi connectivity index (χ4n) is 5.28. The molecule has 0 unspecified atom stereocenters. The summed E-state index contributed by atoms with van der Waals surface area (Å²) in [5, 5.41) is 12.5. The molecule has 2 aromatic carbocycles. The molecule has 0 radical (unpaired) electrons. The predicted octanol–water partition coefficient (Wildman–Crippen LogP) is 8.14. The van der Waals surface area contributed by atoms with Crippen molar-refractivity contribution in [3.05, 3.63) is 59.9 Å². The van der Waals surface area contributed by atoms with Crippen molar-refractivity contribution in [2.45, 2.75) is 97.6 Å². The lowest BCUT2D eigenvalue weighted by atomic mass is 9.93. The van der Waals surface area contributed by atoms with Gasteiger partial charge in [-0.2, -0.15) is 10.2 Å². The molecule has 0 amide bonds. The van der Waals surface area contributed by atoms with Crippen molar-refractivity contribution in [3.63, 3.8) is 0 Å². The van der Waals surface area contributed by atoms with Crippen LogP contribution in [0.2, 0.25) is 0 Å². The Bertz CT molecular complexity index is 1090. The van der Waals surface area contributed by atoms with E-state index in [1.165, 1.54) is 84.3 Å². The monoisotopic (exact) mass is 444 g/mol. The minimum atomic E-state index is -0.296. The SMILES string of the molecule is CCCCCCC(CCCCCC)(n1ncc2cc(C)ccc21)n1ncc2cc(C)ccc21. The van der Waals surface area contributed by atoms with Crippen LogP contribution in [0.25, 0.3) is 21.8 Å². The molecule has 2 aromatic heterocycles. The summed E-state index contributed by atoms with van der Waals surface area (Å²) >= 11 is 0. The minimum Gasteiger partial charge on any atom is -0.237 e. The summed E-state index contributed by atoms with van der Waals surface area (Å²) in [5.41, 5.74) is 4.68. The Morgan fingerprint density at radius 2 is 1.09 bits per heavy atom. The quantitative estimate of drug-likeness (QED) is 0.207. The van der Waals surface area contributed by atoms with Gasteiger partial charge >= 0.3 is 0 Å². The van der Waals surface area contributed by atoms with Crippen LogP contribution in [0.1, 0.15) is 89.2 Å². The van der Waals surface area contributed by atoms with E-state index in [1.54, 1.807) is 0 Å². The number of hydrogen-bond donors (Lipinski definition) is 0. The van der Waals surface area contributed by atoms with Gasteiger partial charge < -0.3 is 0 Å². The van der Waals surface area contributed by atoms with E-state index in [0.717, 1.165) is 12.8 Å². The van der Waals surface area contributed by atoms with Crippen molar-refractivity contribution in [2.75, 3.05) is 0 Å². The number of aryl methyl sites for hydroxylation is 2. The Hall–Kier alpha value is -2.62. The van der Waals surface area contributed by atoms with Crippen molar-refractivity contribution in [3.8, 4) is 0 Å². The number of rotatable bonds is 12. The van der Waals surface area contributed by atoms with Gasteiger partial charge in [-0.05, 0) is 63.8 Å². The van der Waals surface area contributed by atoms with E-state index in [-0.39, 0.29) is 5.66 Å². The molecular weight excluding hydrogens is 404 g/mol. The van der Waals surface area contributed by atoms with Crippen LogP contribution in [0.15, 0.2) is 48.8 Å². The largest absolute Gasteiger partial charge is 0.237 e. The van der Waals surface area contributed by atoms with Gasteiger partial charge in [0, 0.05) is 10.8 Å². The zero-order valence-electron chi connectivity index (χ0n) is 21.0. The maximum Gasteiger partial charge on any atom is 0.155 e. The third kappa shape index (κ3) is 4.85. The molecule has 176 valence electrons. The maximum atomic E-state index is 5.04. The van der Waals surface area contributed by atoms with Crippen LogP contribution < -0.4 is 0 Å². The summed E-state index contributed by atoms with van der Waals surface area (Å²) in [6, 6.07) is 13.4. The summed E-state index contributed by atoms with van der Waals surface area (Å²) in [4.78, 5) is 0. The zero-order valence-corrected chi connectivity index (χ0v) is 21.0. The molecule has 0 atom stereocenters. The second kappa shape index (κ2) is 10.5. The molecule has 0 N–H and O–H groups in total. The molecule has 0 aliphatic heterocycles. The molecule has 0 aliphatic carbocycles. The van der Waals surface area contributed by atoms with Crippen molar-refractivity contribution in [1.29, 1.82) is 0 Å². The highest BCUT2D eigenvalue weighted by atomic mass is 15.5. The Kier molecular flexibility index (Phi) is 7.52. The molecule has 0 aliphatic rings. The van der Waals surface area contributed by atoms with Crippen LogP contribution in [0.3, 0.4) is 0 Å². The zero-order chi connectivity index (χ0) is 23.3. The molecule has 4 heteroatoms. The normalized spacial score (nSPS) is 12.2. The van der Waals surface area contributed by atoms with Crippen LogP contribution in [0.4, 0.5) is 0 Å². The Morgan fingerprint density at radius 3 is 1.52 bits per heavy atom. The molecule has 0 spiro atoms. The Morgan fingerprint density at radius 1 is 0.636 bits per heavy atom. The maximum absolute atomic E-state index is 5.04. The van der Waals surface area contributed by atoms with Crippen LogP contribution in [0, 0.1) is 13.8 Å². The van der Waals surface area contributed by atoms with E-state index in [0.29, 0.717) is 0 Å². The van der Waals surface area contributed by atoms with Crippen molar-refractivity contribution in [1.82, 2.24) is 19.6 Å². The van der Waals surface area contributed by atoms with Gasteiger partial charge in [-0.15, -0.1) is 0 Å². The minimum absolute atomic E-state index is 0.296. The van der Waals surface area contributed by atoms with Crippen molar-refractivity contribution >= 4 is 21.8 Å². The highest BCUT2D eigenvalue weighted by Gasteiger charge is 2.37. The summed E-state index contributed by atoms with van der Waals surface area (Å²) in [7, 11) is 0. The van der Waals surface area contributed by atoms with Gasteiger partial charge in [-0.1, -0.05) is 75.6 Å². The second-order valence-electron chi connectivity index (χ2n) is 9.84. The molecule has 4 nitrogen and oxygen atoms in total. The summed E-state index contributed by atoms with van der Waals surface area (Å²) in [6.45, 7) is 8.88. The Balaban J connectivity index is 1.88. The number of aromatic nitrogens is 4. The molecule has 4 rings (SSSR count). The highest BCUT2D eigenvalue weighted by molar-refractivity contribution is 5.81. The van der Waals surface area contributed by atoms with Crippen molar-refractivity contribution in [2.24, 2.45) is 0 Å². The standard InChI is InChI=1S/C29H40N4/c1-5-7-9-11-17-29(18-12-10-8-6-2,32-27-15-13-23(3)19-25(27)21-30-32)33-28-16-14-24(4)20-26(28)22-31-33/h13-16,19-22H,5-12,17-18H2,1-4H3. The van der Waals surface area contributed by atoms with Gasteiger partial charge in [0.1, 0.15) is 0 Å². The summed E-state index contributed by atoms with van der Waals surface area (Å²) < 4.78 is 4.62. The van der Waals surface area contributed by atoms with Gasteiger partial charge in [0.05, 0.1) is 23.4 Å². The summed E-state index contributed by atoms with van der Waals surface area (Å²) in [5.74, 6) is 0. The smallest absolute Gasteiger partial charge is 0.155 e. The second-order valence-corrected chi connectivity index (χ2v) is 9.84. The number of fused-ring (bicyclic) bond motifs is 2. The van der Waals surface area contributed by atoms with E-state index in [4.69, 9.17) is 10.2 Å². The lowest BCUT2D eigenvalue weighted by molar-refractivity contribution is 0.151. The first-order chi connectivity index (χ1) is 16.1. The highest BCUT2D eigenvalue weighted by Crippen LogP contribution is 2.37. The molecule has 4 aromatic rings. The predicted molar refractivity (Wildman–Crippen MR) is 140 cm³/mol. The van der Waals surface area contributed by atoms with E-state index >= 15 is 0 Å². The molecule has 33 heavy (non-hydrogen) atoms. The van der Waals surface area contributed by atoms with Gasteiger partial charge in [0.2, 0.25) is 0 Å². The number of nitrogens with zero attached hydrogens (tertiary/aromatic N) is 4. The third-order valence-corrected chi connectivity index (χ3v) is 7.10. The van der Waals surface area contributed by atoms with Gasteiger partial charge in [-0.3, -0.25) is 0 Å².